The fourth-order valence-corrected chi connectivity index (χ4v) is 4.07. The van der Waals surface area contributed by atoms with E-state index in [9.17, 15) is 23.8 Å². The van der Waals surface area contributed by atoms with Gasteiger partial charge in [-0.05, 0) is 55.2 Å². The number of phenols is 1. The number of aromatic nitrogens is 1. The number of carboxylic acids is 1. The van der Waals surface area contributed by atoms with Crippen LogP contribution in [-0.2, 0) is 4.79 Å². The summed E-state index contributed by atoms with van der Waals surface area (Å²) >= 11 is 0. The lowest BCUT2D eigenvalue weighted by molar-refractivity contribution is -0.142. The zero-order valence-corrected chi connectivity index (χ0v) is 16.7. The van der Waals surface area contributed by atoms with Crippen molar-refractivity contribution in [3.05, 3.63) is 66.2 Å². The van der Waals surface area contributed by atoms with Gasteiger partial charge in [0.1, 0.15) is 11.6 Å². The van der Waals surface area contributed by atoms with Crippen LogP contribution in [0.25, 0.3) is 22.4 Å². The lowest BCUT2D eigenvalue weighted by atomic mass is 9.86. The highest BCUT2D eigenvalue weighted by molar-refractivity contribution is 5.76. The standard InChI is InChI=1S/C24H22F2N2O3/c25-19-9-4-8-17(23(19)26)15-12-20(18-7-1-2-10-21(18)29)28-22(13-15)27-16-6-3-5-14(11-16)24(30)31/h1-2,4,7-10,12-14,16,29H,3,5-6,11H2,(H,27,28)(H,30,31). The molecule has 0 spiro atoms. The first-order chi connectivity index (χ1) is 14.9. The number of anilines is 1. The van der Waals surface area contributed by atoms with E-state index in [1.165, 1.54) is 18.2 Å². The quantitative estimate of drug-likeness (QED) is 0.507. The number of aliphatic carboxylic acids is 1. The Morgan fingerprint density at radius 2 is 1.81 bits per heavy atom. The Hall–Kier alpha value is -3.48. The number of pyridine rings is 1. The van der Waals surface area contributed by atoms with E-state index < -0.39 is 23.5 Å². The third-order valence-electron chi connectivity index (χ3n) is 5.64. The van der Waals surface area contributed by atoms with Crippen molar-refractivity contribution < 1.29 is 23.8 Å². The Morgan fingerprint density at radius 1 is 1.03 bits per heavy atom. The summed E-state index contributed by atoms with van der Waals surface area (Å²) in [7, 11) is 0. The first kappa shape index (κ1) is 20.8. The summed E-state index contributed by atoms with van der Waals surface area (Å²) in [4.78, 5) is 16.0. The van der Waals surface area contributed by atoms with Gasteiger partial charge in [0, 0.05) is 17.2 Å². The molecule has 2 unspecified atom stereocenters. The SMILES string of the molecule is O=C(O)C1CCCC(Nc2cc(-c3cccc(F)c3F)cc(-c3ccccc3O)n2)C1. The molecule has 5 nitrogen and oxygen atoms in total. The second kappa shape index (κ2) is 8.71. The van der Waals surface area contributed by atoms with Crippen molar-refractivity contribution in [2.24, 2.45) is 5.92 Å². The van der Waals surface area contributed by atoms with Crippen LogP contribution >= 0.6 is 0 Å². The lowest BCUT2D eigenvalue weighted by Crippen LogP contribution is -2.31. The van der Waals surface area contributed by atoms with Gasteiger partial charge in [0.05, 0.1) is 11.6 Å². The molecule has 0 bridgehead atoms. The van der Waals surface area contributed by atoms with Crippen LogP contribution in [0.2, 0.25) is 0 Å². The van der Waals surface area contributed by atoms with Gasteiger partial charge >= 0.3 is 5.97 Å². The number of carboxylic acid groups (broad SMARTS) is 1. The summed E-state index contributed by atoms with van der Waals surface area (Å²) in [5, 5.41) is 22.9. The molecule has 0 radical (unpaired) electrons. The van der Waals surface area contributed by atoms with Crippen molar-refractivity contribution in [3.8, 4) is 28.1 Å². The molecular weight excluding hydrogens is 402 g/mol. The minimum absolute atomic E-state index is 0.0152. The largest absolute Gasteiger partial charge is 0.507 e. The van der Waals surface area contributed by atoms with Crippen LogP contribution in [0.15, 0.2) is 54.6 Å². The van der Waals surface area contributed by atoms with Crippen LogP contribution in [0.5, 0.6) is 5.75 Å². The molecule has 31 heavy (non-hydrogen) atoms. The molecule has 1 saturated carbocycles. The van der Waals surface area contributed by atoms with E-state index in [2.05, 4.69) is 10.3 Å². The molecule has 2 atom stereocenters. The molecule has 1 heterocycles. The molecule has 2 aromatic carbocycles. The molecule has 7 heteroatoms. The van der Waals surface area contributed by atoms with Gasteiger partial charge in [-0.3, -0.25) is 4.79 Å². The minimum atomic E-state index is -0.966. The zero-order chi connectivity index (χ0) is 22.0. The van der Waals surface area contributed by atoms with Crippen LogP contribution in [0.1, 0.15) is 25.7 Å². The monoisotopic (exact) mass is 424 g/mol. The van der Waals surface area contributed by atoms with Crippen molar-refractivity contribution in [3.63, 3.8) is 0 Å². The Labute approximate surface area is 178 Å². The van der Waals surface area contributed by atoms with E-state index in [0.29, 0.717) is 35.5 Å². The Balaban J connectivity index is 1.76. The topological polar surface area (TPSA) is 82.5 Å². The van der Waals surface area contributed by atoms with Crippen molar-refractivity contribution >= 4 is 11.8 Å². The smallest absolute Gasteiger partial charge is 0.306 e. The lowest BCUT2D eigenvalue weighted by Gasteiger charge is -2.28. The van der Waals surface area contributed by atoms with Gasteiger partial charge in [0.15, 0.2) is 11.6 Å². The van der Waals surface area contributed by atoms with Crippen molar-refractivity contribution in [1.82, 2.24) is 4.98 Å². The Morgan fingerprint density at radius 3 is 2.58 bits per heavy atom. The molecule has 0 amide bonds. The second-order valence-electron chi connectivity index (χ2n) is 7.79. The number of nitrogens with zero attached hydrogens (tertiary/aromatic N) is 1. The number of rotatable bonds is 5. The number of benzene rings is 2. The van der Waals surface area contributed by atoms with E-state index >= 15 is 0 Å². The number of hydrogen-bond acceptors (Lipinski definition) is 4. The highest BCUT2D eigenvalue weighted by Gasteiger charge is 2.27. The van der Waals surface area contributed by atoms with Crippen molar-refractivity contribution in [1.29, 1.82) is 0 Å². The highest BCUT2D eigenvalue weighted by Crippen LogP contribution is 2.35. The maximum atomic E-state index is 14.5. The van der Waals surface area contributed by atoms with Crippen LogP contribution in [-0.4, -0.2) is 27.2 Å². The van der Waals surface area contributed by atoms with E-state index in [0.717, 1.165) is 18.9 Å². The molecule has 4 rings (SSSR count). The number of aromatic hydroxyl groups is 1. The van der Waals surface area contributed by atoms with Crippen molar-refractivity contribution in [2.45, 2.75) is 31.7 Å². The van der Waals surface area contributed by atoms with Crippen LogP contribution in [0.4, 0.5) is 14.6 Å². The fourth-order valence-electron chi connectivity index (χ4n) is 4.07. The van der Waals surface area contributed by atoms with Gasteiger partial charge < -0.3 is 15.5 Å². The van der Waals surface area contributed by atoms with Gasteiger partial charge in [-0.1, -0.05) is 30.7 Å². The number of hydrogen-bond donors (Lipinski definition) is 3. The number of phenolic OH excluding ortho intramolecular Hbond substituents is 1. The summed E-state index contributed by atoms with van der Waals surface area (Å²) in [6, 6.07) is 13.7. The normalized spacial score (nSPS) is 18.5. The number of carbonyl (C=O) groups is 1. The third kappa shape index (κ3) is 4.50. The summed E-state index contributed by atoms with van der Waals surface area (Å²) in [6.07, 6.45) is 2.66. The molecule has 3 aromatic rings. The van der Waals surface area contributed by atoms with Gasteiger partial charge in [-0.25, -0.2) is 13.8 Å². The van der Waals surface area contributed by atoms with Crippen LogP contribution in [0, 0.1) is 17.6 Å². The number of para-hydroxylation sites is 1. The van der Waals surface area contributed by atoms with Gasteiger partial charge in [0.2, 0.25) is 0 Å². The molecule has 1 fully saturated rings. The zero-order valence-electron chi connectivity index (χ0n) is 16.7. The molecule has 1 aromatic heterocycles. The molecular formula is C24H22F2N2O3. The van der Waals surface area contributed by atoms with Gasteiger partial charge in [0.25, 0.3) is 0 Å². The third-order valence-corrected chi connectivity index (χ3v) is 5.64. The second-order valence-corrected chi connectivity index (χ2v) is 7.79. The molecule has 160 valence electrons. The molecule has 0 saturated heterocycles. The number of halogens is 2. The maximum Gasteiger partial charge on any atom is 0.306 e. The first-order valence-corrected chi connectivity index (χ1v) is 10.2. The highest BCUT2D eigenvalue weighted by atomic mass is 19.2. The average Bonchev–Trinajstić information content (AvgIpc) is 2.76. The fraction of sp³-hybridized carbons (Fsp3) is 0.250. The summed E-state index contributed by atoms with van der Waals surface area (Å²) in [5.41, 5.74) is 1.33. The average molecular weight is 424 g/mol. The van der Waals surface area contributed by atoms with Crippen molar-refractivity contribution in [2.75, 3.05) is 5.32 Å². The van der Waals surface area contributed by atoms with E-state index in [4.69, 9.17) is 0 Å². The van der Waals surface area contributed by atoms with Gasteiger partial charge in [-0.15, -0.1) is 0 Å². The van der Waals surface area contributed by atoms with E-state index in [1.54, 1.807) is 30.3 Å². The summed E-state index contributed by atoms with van der Waals surface area (Å²) in [5.74, 6) is -2.73. The minimum Gasteiger partial charge on any atom is -0.507 e. The maximum absolute atomic E-state index is 14.5. The summed E-state index contributed by atoms with van der Waals surface area (Å²) in [6.45, 7) is 0. The Bertz CT molecular complexity index is 1120. The first-order valence-electron chi connectivity index (χ1n) is 10.2. The predicted octanol–water partition coefficient (Wildman–Crippen LogP) is 5.45. The molecule has 0 aliphatic heterocycles. The van der Waals surface area contributed by atoms with Crippen LogP contribution in [0.3, 0.4) is 0 Å². The molecule has 3 N–H and O–H groups in total. The van der Waals surface area contributed by atoms with Crippen LogP contribution < -0.4 is 5.32 Å². The van der Waals surface area contributed by atoms with E-state index in [1.807, 2.05) is 0 Å². The van der Waals surface area contributed by atoms with E-state index in [-0.39, 0.29) is 17.4 Å². The summed E-state index contributed by atoms with van der Waals surface area (Å²) < 4.78 is 28.3. The van der Waals surface area contributed by atoms with Gasteiger partial charge in [-0.2, -0.15) is 0 Å². The molecule has 1 aliphatic carbocycles. The Kier molecular flexibility index (Phi) is 5.84. The molecule has 1 aliphatic rings. The number of nitrogens with one attached hydrogen (secondary N) is 1. The predicted molar refractivity (Wildman–Crippen MR) is 114 cm³/mol.